The maximum absolute atomic E-state index is 12.7. The Labute approximate surface area is 183 Å². The fourth-order valence-corrected chi connectivity index (χ4v) is 3.55. The first-order chi connectivity index (χ1) is 14.7. The number of benzene rings is 2. The molecule has 2 amide bonds. The third-order valence-corrected chi connectivity index (χ3v) is 5.31. The molecule has 0 spiro atoms. The highest BCUT2D eigenvalue weighted by molar-refractivity contribution is 6.30. The minimum Gasteiger partial charge on any atom is -0.492 e. The third-order valence-electron chi connectivity index (χ3n) is 5.08. The molecule has 3 rings (SSSR count). The van der Waals surface area contributed by atoms with Gasteiger partial charge in [-0.2, -0.15) is 13.2 Å². The molecule has 0 aromatic heterocycles. The highest BCUT2D eigenvalue weighted by Gasteiger charge is 2.31. The molecule has 2 aromatic rings. The normalized spacial score (nSPS) is 14.9. The van der Waals surface area contributed by atoms with Gasteiger partial charge in [-0.05, 0) is 55.3 Å². The number of nitrogens with one attached hydrogen (secondary N) is 1. The van der Waals surface area contributed by atoms with Gasteiger partial charge >= 0.3 is 6.18 Å². The molecule has 1 aliphatic rings. The van der Waals surface area contributed by atoms with E-state index in [1.165, 1.54) is 12.1 Å². The zero-order valence-corrected chi connectivity index (χ0v) is 17.4. The molecule has 5 nitrogen and oxygen atoms in total. The van der Waals surface area contributed by atoms with E-state index in [2.05, 4.69) is 5.32 Å². The van der Waals surface area contributed by atoms with Crippen LogP contribution in [0.15, 0.2) is 48.5 Å². The highest BCUT2D eigenvalue weighted by atomic mass is 35.5. The summed E-state index contributed by atoms with van der Waals surface area (Å²) in [5.41, 5.74) is -0.590. The Morgan fingerprint density at radius 3 is 2.39 bits per heavy atom. The van der Waals surface area contributed by atoms with Crippen LogP contribution < -0.4 is 10.1 Å². The van der Waals surface area contributed by atoms with Crippen LogP contribution in [0.1, 0.15) is 28.8 Å². The first-order valence-electron chi connectivity index (χ1n) is 9.86. The molecule has 0 atom stereocenters. The average molecular weight is 455 g/mol. The highest BCUT2D eigenvalue weighted by Crippen LogP contribution is 2.29. The van der Waals surface area contributed by atoms with Gasteiger partial charge in [-0.1, -0.05) is 17.7 Å². The van der Waals surface area contributed by atoms with Crippen molar-refractivity contribution in [2.45, 2.75) is 19.0 Å². The number of hydrogen-bond donors (Lipinski definition) is 1. The second kappa shape index (κ2) is 10.0. The Bertz CT molecular complexity index is 911. The fourth-order valence-electron chi connectivity index (χ4n) is 3.37. The van der Waals surface area contributed by atoms with E-state index in [9.17, 15) is 22.8 Å². The number of hydrogen-bond acceptors (Lipinski definition) is 3. The van der Waals surface area contributed by atoms with E-state index in [0.29, 0.717) is 49.9 Å². The summed E-state index contributed by atoms with van der Waals surface area (Å²) in [5.74, 6) is -0.0292. The van der Waals surface area contributed by atoms with E-state index in [1.54, 1.807) is 29.2 Å². The summed E-state index contributed by atoms with van der Waals surface area (Å²) < 4.78 is 43.5. The maximum atomic E-state index is 12.7. The standard InChI is InChI=1S/C22H22ClF3N2O3/c23-18-2-1-3-19(14-18)31-13-10-27-20(29)15-8-11-28(12-9-15)21(30)16-4-6-17(7-5-16)22(24,25)26/h1-7,14-15H,8-13H2,(H,27,29). The van der Waals surface area contributed by atoms with Gasteiger partial charge < -0.3 is 15.0 Å². The summed E-state index contributed by atoms with van der Waals surface area (Å²) in [6.45, 7) is 1.39. The molecule has 0 bridgehead atoms. The first-order valence-corrected chi connectivity index (χ1v) is 10.2. The van der Waals surface area contributed by atoms with Crippen LogP contribution in [0, 0.1) is 5.92 Å². The van der Waals surface area contributed by atoms with Crippen molar-refractivity contribution in [3.8, 4) is 5.75 Å². The lowest BCUT2D eigenvalue weighted by atomic mass is 9.95. The Morgan fingerprint density at radius 1 is 1.10 bits per heavy atom. The Hall–Kier alpha value is -2.74. The number of ether oxygens (including phenoxy) is 1. The van der Waals surface area contributed by atoms with Gasteiger partial charge in [-0.3, -0.25) is 9.59 Å². The van der Waals surface area contributed by atoms with Gasteiger partial charge in [0.25, 0.3) is 5.91 Å². The lowest BCUT2D eigenvalue weighted by Crippen LogP contribution is -2.43. The summed E-state index contributed by atoms with van der Waals surface area (Å²) in [4.78, 5) is 26.4. The number of alkyl halides is 3. The lowest BCUT2D eigenvalue weighted by Gasteiger charge is -2.31. The molecule has 0 saturated carbocycles. The number of nitrogens with zero attached hydrogens (tertiary/aromatic N) is 1. The Balaban J connectivity index is 1.41. The Morgan fingerprint density at radius 2 is 1.77 bits per heavy atom. The molecule has 0 aliphatic carbocycles. The van der Waals surface area contributed by atoms with E-state index in [0.717, 1.165) is 12.1 Å². The van der Waals surface area contributed by atoms with Crippen molar-refractivity contribution in [1.29, 1.82) is 0 Å². The summed E-state index contributed by atoms with van der Waals surface area (Å²) in [7, 11) is 0. The van der Waals surface area contributed by atoms with E-state index in [-0.39, 0.29) is 23.3 Å². The molecular formula is C22H22ClF3N2O3. The molecule has 1 N–H and O–H groups in total. The molecule has 2 aromatic carbocycles. The lowest BCUT2D eigenvalue weighted by molar-refractivity contribution is -0.137. The molecule has 1 fully saturated rings. The summed E-state index contributed by atoms with van der Waals surface area (Å²) in [5, 5.41) is 3.40. The molecule has 0 radical (unpaired) electrons. The van der Waals surface area contributed by atoms with Crippen LogP contribution in [0.25, 0.3) is 0 Å². The van der Waals surface area contributed by atoms with Crippen molar-refractivity contribution in [3.05, 3.63) is 64.7 Å². The minimum atomic E-state index is -4.44. The van der Waals surface area contributed by atoms with Crippen molar-refractivity contribution >= 4 is 23.4 Å². The van der Waals surface area contributed by atoms with Gasteiger partial charge in [0.05, 0.1) is 12.1 Å². The molecular weight excluding hydrogens is 433 g/mol. The topological polar surface area (TPSA) is 58.6 Å². The molecule has 166 valence electrons. The zero-order valence-electron chi connectivity index (χ0n) is 16.6. The summed E-state index contributed by atoms with van der Waals surface area (Å²) in [6.07, 6.45) is -3.45. The van der Waals surface area contributed by atoms with Crippen LogP contribution in [-0.4, -0.2) is 43.0 Å². The first kappa shape index (κ1) is 22.9. The largest absolute Gasteiger partial charge is 0.492 e. The average Bonchev–Trinajstić information content (AvgIpc) is 2.76. The molecule has 31 heavy (non-hydrogen) atoms. The van der Waals surface area contributed by atoms with Crippen LogP contribution in [0.2, 0.25) is 5.02 Å². The molecule has 1 heterocycles. The smallest absolute Gasteiger partial charge is 0.416 e. The van der Waals surface area contributed by atoms with Crippen molar-refractivity contribution in [1.82, 2.24) is 10.2 Å². The zero-order chi connectivity index (χ0) is 22.4. The van der Waals surface area contributed by atoms with Crippen molar-refractivity contribution in [3.63, 3.8) is 0 Å². The number of halogens is 4. The third kappa shape index (κ3) is 6.37. The predicted molar refractivity (Wildman–Crippen MR) is 110 cm³/mol. The predicted octanol–water partition coefficient (Wildman–Crippen LogP) is 4.41. The van der Waals surface area contributed by atoms with Crippen molar-refractivity contribution in [2.75, 3.05) is 26.2 Å². The summed E-state index contributed by atoms with van der Waals surface area (Å²) >= 11 is 5.88. The number of amides is 2. The van der Waals surface area contributed by atoms with Crippen molar-refractivity contribution < 1.29 is 27.5 Å². The molecule has 1 aliphatic heterocycles. The minimum absolute atomic E-state index is 0.101. The Kier molecular flexibility index (Phi) is 7.43. The quantitative estimate of drug-likeness (QED) is 0.658. The second-order valence-electron chi connectivity index (χ2n) is 7.24. The van der Waals surface area contributed by atoms with Gasteiger partial charge in [0.15, 0.2) is 0 Å². The van der Waals surface area contributed by atoms with E-state index >= 15 is 0 Å². The van der Waals surface area contributed by atoms with Crippen LogP contribution in [-0.2, 0) is 11.0 Å². The monoisotopic (exact) mass is 454 g/mol. The van der Waals surface area contributed by atoms with Crippen LogP contribution in [0.4, 0.5) is 13.2 Å². The van der Waals surface area contributed by atoms with Gasteiger partial charge in [-0.25, -0.2) is 0 Å². The van der Waals surface area contributed by atoms with Gasteiger partial charge in [0.1, 0.15) is 12.4 Å². The van der Waals surface area contributed by atoms with E-state index < -0.39 is 11.7 Å². The van der Waals surface area contributed by atoms with Gasteiger partial charge in [0.2, 0.25) is 5.91 Å². The SMILES string of the molecule is O=C(NCCOc1cccc(Cl)c1)C1CCN(C(=O)c2ccc(C(F)(F)F)cc2)CC1. The fraction of sp³-hybridized carbons (Fsp3) is 0.364. The van der Waals surface area contributed by atoms with Gasteiger partial charge in [0, 0.05) is 29.6 Å². The number of likely N-dealkylation sites (tertiary alicyclic amines) is 1. The number of carbonyl (C=O) groups is 2. The van der Waals surface area contributed by atoms with Crippen LogP contribution in [0.3, 0.4) is 0 Å². The molecule has 0 unspecified atom stereocenters. The second-order valence-corrected chi connectivity index (χ2v) is 7.67. The number of piperidine rings is 1. The number of carbonyl (C=O) groups excluding carboxylic acids is 2. The van der Waals surface area contributed by atoms with Gasteiger partial charge in [-0.15, -0.1) is 0 Å². The number of rotatable bonds is 6. The van der Waals surface area contributed by atoms with Crippen LogP contribution in [0.5, 0.6) is 5.75 Å². The molecule has 1 saturated heterocycles. The van der Waals surface area contributed by atoms with Crippen LogP contribution >= 0.6 is 11.6 Å². The summed E-state index contributed by atoms with van der Waals surface area (Å²) in [6, 6.07) is 11.1. The maximum Gasteiger partial charge on any atom is 0.416 e. The molecule has 9 heteroatoms. The van der Waals surface area contributed by atoms with E-state index in [4.69, 9.17) is 16.3 Å². The van der Waals surface area contributed by atoms with E-state index in [1.807, 2.05) is 0 Å². The van der Waals surface area contributed by atoms with Crippen molar-refractivity contribution in [2.24, 2.45) is 5.92 Å².